The summed E-state index contributed by atoms with van der Waals surface area (Å²) in [5.74, 6) is 1.02. The van der Waals surface area contributed by atoms with Gasteiger partial charge < -0.3 is 10.2 Å². The third kappa shape index (κ3) is 2.76. The van der Waals surface area contributed by atoms with E-state index in [1.807, 2.05) is 7.05 Å². The van der Waals surface area contributed by atoms with Gasteiger partial charge in [-0.05, 0) is 13.3 Å². The highest BCUT2D eigenvalue weighted by Crippen LogP contribution is 1.97. The summed E-state index contributed by atoms with van der Waals surface area (Å²) in [6, 6.07) is 0. The first kappa shape index (κ1) is 9.34. The second-order valence-electron chi connectivity index (χ2n) is 2.28. The van der Waals surface area contributed by atoms with E-state index in [1.165, 1.54) is 6.42 Å². The molecular weight excluding hydrogens is 124 g/mol. The Morgan fingerprint density at radius 3 is 2.40 bits per heavy atom. The van der Waals surface area contributed by atoms with E-state index in [2.05, 4.69) is 30.6 Å². The molecule has 60 valence electrons. The van der Waals surface area contributed by atoms with Gasteiger partial charge in [0.25, 0.3) is 0 Å². The fraction of sp³-hybridized carbons (Fsp3) is 0.750. The van der Waals surface area contributed by atoms with Gasteiger partial charge in [0, 0.05) is 20.1 Å². The van der Waals surface area contributed by atoms with Crippen molar-refractivity contribution >= 4 is 0 Å². The molecule has 0 aromatic rings. The van der Waals surface area contributed by atoms with Crippen molar-refractivity contribution in [3.8, 4) is 0 Å². The molecular formula is C8H18N2. The van der Waals surface area contributed by atoms with E-state index in [9.17, 15) is 0 Å². The standard InChI is InChI=1S/C8H18N2/c1-5-7-10(6-2)8(3)9-4/h9H,3,5-7H2,1-2,4H3. The normalized spacial score (nSPS) is 9.10. The average Bonchev–Trinajstić information content (AvgIpc) is 1.99. The predicted molar refractivity (Wildman–Crippen MR) is 45.7 cm³/mol. The molecule has 0 aliphatic heterocycles. The van der Waals surface area contributed by atoms with Gasteiger partial charge in [-0.3, -0.25) is 0 Å². The van der Waals surface area contributed by atoms with Gasteiger partial charge in [0.2, 0.25) is 0 Å². The summed E-state index contributed by atoms with van der Waals surface area (Å²) in [5.41, 5.74) is 0. The van der Waals surface area contributed by atoms with Crippen molar-refractivity contribution in [2.75, 3.05) is 20.1 Å². The third-order valence-electron chi connectivity index (χ3n) is 1.55. The Balaban J connectivity index is 3.68. The largest absolute Gasteiger partial charge is 0.375 e. The van der Waals surface area contributed by atoms with Gasteiger partial charge in [0.15, 0.2) is 0 Å². The molecule has 0 radical (unpaired) electrons. The van der Waals surface area contributed by atoms with Crippen LogP contribution in [-0.2, 0) is 0 Å². The van der Waals surface area contributed by atoms with Crippen molar-refractivity contribution in [3.05, 3.63) is 12.4 Å². The van der Waals surface area contributed by atoms with Crippen molar-refractivity contribution in [2.45, 2.75) is 20.3 Å². The van der Waals surface area contributed by atoms with Crippen LogP contribution in [0.25, 0.3) is 0 Å². The van der Waals surface area contributed by atoms with Crippen LogP contribution < -0.4 is 5.32 Å². The molecule has 0 rings (SSSR count). The lowest BCUT2D eigenvalue weighted by Crippen LogP contribution is -2.29. The summed E-state index contributed by atoms with van der Waals surface area (Å²) < 4.78 is 0. The van der Waals surface area contributed by atoms with E-state index in [-0.39, 0.29) is 0 Å². The average molecular weight is 142 g/mol. The van der Waals surface area contributed by atoms with Crippen LogP contribution in [0.2, 0.25) is 0 Å². The number of nitrogens with one attached hydrogen (secondary N) is 1. The molecule has 0 amide bonds. The number of nitrogens with zero attached hydrogens (tertiary/aromatic N) is 1. The zero-order valence-corrected chi connectivity index (χ0v) is 7.28. The SMILES string of the molecule is C=C(NC)N(CC)CCC. The Hall–Kier alpha value is -0.660. The van der Waals surface area contributed by atoms with Gasteiger partial charge in [0.1, 0.15) is 0 Å². The molecule has 2 heteroatoms. The third-order valence-corrected chi connectivity index (χ3v) is 1.55. The van der Waals surface area contributed by atoms with E-state index in [0.29, 0.717) is 0 Å². The Bertz CT molecular complexity index is 99.4. The maximum absolute atomic E-state index is 3.88. The maximum Gasteiger partial charge on any atom is 0.0936 e. The van der Waals surface area contributed by atoms with E-state index < -0.39 is 0 Å². The fourth-order valence-electron chi connectivity index (χ4n) is 0.912. The predicted octanol–water partition coefficient (Wildman–Crippen LogP) is 1.41. The highest BCUT2D eigenvalue weighted by Gasteiger charge is 1.99. The molecule has 0 fully saturated rings. The molecule has 2 nitrogen and oxygen atoms in total. The highest BCUT2D eigenvalue weighted by molar-refractivity contribution is 4.88. The van der Waals surface area contributed by atoms with Crippen LogP contribution in [0.3, 0.4) is 0 Å². The van der Waals surface area contributed by atoms with Gasteiger partial charge in [-0.25, -0.2) is 0 Å². The summed E-state index contributed by atoms with van der Waals surface area (Å²) in [6.07, 6.45) is 1.18. The van der Waals surface area contributed by atoms with Crippen molar-refractivity contribution in [1.82, 2.24) is 10.2 Å². The van der Waals surface area contributed by atoms with Crippen LogP contribution in [0, 0.1) is 0 Å². The summed E-state index contributed by atoms with van der Waals surface area (Å²) in [4.78, 5) is 2.22. The zero-order valence-electron chi connectivity index (χ0n) is 7.28. The van der Waals surface area contributed by atoms with E-state index >= 15 is 0 Å². The van der Waals surface area contributed by atoms with Crippen LogP contribution in [0.1, 0.15) is 20.3 Å². The second-order valence-corrected chi connectivity index (χ2v) is 2.28. The molecule has 0 bridgehead atoms. The number of hydrogen-bond acceptors (Lipinski definition) is 2. The fourth-order valence-corrected chi connectivity index (χ4v) is 0.912. The van der Waals surface area contributed by atoms with Crippen LogP contribution in [0.15, 0.2) is 12.4 Å². The first-order chi connectivity index (χ1) is 4.76. The van der Waals surface area contributed by atoms with E-state index in [0.717, 1.165) is 18.9 Å². The lowest BCUT2D eigenvalue weighted by Gasteiger charge is -2.23. The van der Waals surface area contributed by atoms with Crippen molar-refractivity contribution in [2.24, 2.45) is 0 Å². The summed E-state index contributed by atoms with van der Waals surface area (Å²) >= 11 is 0. The van der Waals surface area contributed by atoms with Gasteiger partial charge in [-0.1, -0.05) is 13.5 Å². The minimum absolute atomic E-state index is 1.02. The second kappa shape index (κ2) is 5.15. The Kier molecular flexibility index (Phi) is 4.81. The molecule has 0 heterocycles. The van der Waals surface area contributed by atoms with Crippen LogP contribution in [0.5, 0.6) is 0 Å². The van der Waals surface area contributed by atoms with E-state index in [4.69, 9.17) is 0 Å². The molecule has 0 aliphatic carbocycles. The van der Waals surface area contributed by atoms with Crippen LogP contribution >= 0.6 is 0 Å². The number of hydrogen-bond donors (Lipinski definition) is 1. The maximum atomic E-state index is 3.88. The Morgan fingerprint density at radius 1 is 1.50 bits per heavy atom. The molecule has 10 heavy (non-hydrogen) atoms. The first-order valence-corrected chi connectivity index (χ1v) is 3.87. The zero-order chi connectivity index (χ0) is 7.98. The van der Waals surface area contributed by atoms with Gasteiger partial charge >= 0.3 is 0 Å². The molecule has 0 aromatic carbocycles. The highest BCUT2D eigenvalue weighted by atomic mass is 15.2. The van der Waals surface area contributed by atoms with Gasteiger partial charge in [-0.2, -0.15) is 0 Å². The lowest BCUT2D eigenvalue weighted by atomic mass is 10.4. The molecule has 0 saturated heterocycles. The number of rotatable bonds is 5. The molecule has 0 unspecified atom stereocenters. The van der Waals surface area contributed by atoms with Crippen LogP contribution in [-0.4, -0.2) is 25.0 Å². The smallest absolute Gasteiger partial charge is 0.0936 e. The molecule has 0 spiro atoms. The van der Waals surface area contributed by atoms with Crippen molar-refractivity contribution in [1.29, 1.82) is 0 Å². The summed E-state index contributed by atoms with van der Waals surface area (Å²) in [7, 11) is 1.90. The molecule has 0 atom stereocenters. The van der Waals surface area contributed by atoms with Gasteiger partial charge in [-0.15, -0.1) is 0 Å². The minimum Gasteiger partial charge on any atom is -0.375 e. The Labute approximate surface area is 63.9 Å². The monoisotopic (exact) mass is 142 g/mol. The first-order valence-electron chi connectivity index (χ1n) is 3.87. The van der Waals surface area contributed by atoms with E-state index in [1.54, 1.807) is 0 Å². The molecule has 0 saturated carbocycles. The topological polar surface area (TPSA) is 15.3 Å². The Morgan fingerprint density at radius 2 is 2.10 bits per heavy atom. The minimum atomic E-state index is 1.02. The summed E-state index contributed by atoms with van der Waals surface area (Å²) in [5, 5.41) is 3.03. The van der Waals surface area contributed by atoms with Crippen molar-refractivity contribution in [3.63, 3.8) is 0 Å². The molecule has 0 aliphatic rings. The lowest BCUT2D eigenvalue weighted by molar-refractivity contribution is 0.344. The van der Waals surface area contributed by atoms with Crippen molar-refractivity contribution < 1.29 is 0 Å². The quantitative estimate of drug-likeness (QED) is 0.624. The van der Waals surface area contributed by atoms with Crippen LogP contribution in [0.4, 0.5) is 0 Å². The molecule has 1 N–H and O–H groups in total. The summed E-state index contributed by atoms with van der Waals surface area (Å²) in [6.45, 7) is 10.3. The van der Waals surface area contributed by atoms with Gasteiger partial charge in [0.05, 0.1) is 5.82 Å². The molecule has 0 aromatic heterocycles.